The molecule has 0 radical (unpaired) electrons. The van der Waals surface area contributed by atoms with Gasteiger partial charge in [0.2, 0.25) is 0 Å². The van der Waals surface area contributed by atoms with Crippen LogP contribution in [0.15, 0.2) is 60.7 Å². The number of ether oxygens (including phenoxy) is 2. The molecule has 0 saturated carbocycles. The smallest absolute Gasteiger partial charge is 0.335 e. The summed E-state index contributed by atoms with van der Waals surface area (Å²) in [5, 5.41) is 13.9. The minimum atomic E-state index is -0.995. The summed E-state index contributed by atoms with van der Waals surface area (Å²) in [4.78, 5) is 11.6. The van der Waals surface area contributed by atoms with E-state index in [-0.39, 0.29) is 11.7 Å². The zero-order valence-electron chi connectivity index (χ0n) is 18.3. The minimum Gasteiger partial charge on any atom is -0.493 e. The van der Waals surface area contributed by atoms with Crippen LogP contribution in [-0.2, 0) is 0 Å². The molecule has 1 unspecified atom stereocenters. The lowest BCUT2D eigenvalue weighted by Crippen LogP contribution is -2.19. The number of carboxylic acids is 1. The Labute approximate surface area is 207 Å². The van der Waals surface area contributed by atoms with Crippen molar-refractivity contribution in [2.24, 2.45) is 0 Å². The molecule has 2 N–H and O–H groups in total. The minimum absolute atomic E-state index is 0.176. The maximum Gasteiger partial charge on any atom is 0.335 e. The molecule has 5 rings (SSSR count). The number of carboxylic acid groups (broad SMARTS) is 1. The van der Waals surface area contributed by atoms with Gasteiger partial charge in [-0.15, -0.1) is 0 Å². The SMILES string of the molecule is O=C(O)c1ccc2c(c1)OCCC(c1ccc(Cl)cc1Cl)=C2c1ccc(OC2CCNC2)cc1. The van der Waals surface area contributed by atoms with E-state index in [0.717, 1.165) is 53.1 Å². The van der Waals surface area contributed by atoms with Crippen molar-refractivity contribution in [1.82, 2.24) is 5.32 Å². The molecular weight excluding hydrogens is 473 g/mol. The van der Waals surface area contributed by atoms with Gasteiger partial charge in [-0.25, -0.2) is 4.79 Å². The summed E-state index contributed by atoms with van der Waals surface area (Å²) in [6.07, 6.45) is 1.76. The van der Waals surface area contributed by atoms with Crippen LogP contribution in [-0.4, -0.2) is 36.9 Å². The first-order valence-corrected chi connectivity index (χ1v) is 11.9. The number of nitrogens with one attached hydrogen (secondary N) is 1. The zero-order valence-corrected chi connectivity index (χ0v) is 19.8. The monoisotopic (exact) mass is 495 g/mol. The lowest BCUT2D eigenvalue weighted by Gasteiger charge is -2.18. The predicted molar refractivity (Wildman–Crippen MR) is 134 cm³/mol. The third-order valence-corrected chi connectivity index (χ3v) is 6.67. The zero-order chi connectivity index (χ0) is 23.7. The van der Waals surface area contributed by atoms with E-state index >= 15 is 0 Å². The average molecular weight is 496 g/mol. The van der Waals surface area contributed by atoms with Gasteiger partial charge < -0.3 is 19.9 Å². The van der Waals surface area contributed by atoms with Crippen LogP contribution in [0.4, 0.5) is 0 Å². The first-order valence-electron chi connectivity index (χ1n) is 11.2. The molecule has 0 spiro atoms. The second-order valence-electron chi connectivity index (χ2n) is 8.35. The highest BCUT2D eigenvalue weighted by atomic mass is 35.5. The van der Waals surface area contributed by atoms with Crippen molar-refractivity contribution in [3.63, 3.8) is 0 Å². The summed E-state index contributed by atoms with van der Waals surface area (Å²) in [5.74, 6) is 0.354. The molecule has 0 amide bonds. The van der Waals surface area contributed by atoms with Gasteiger partial charge in [0, 0.05) is 28.6 Å². The molecule has 174 valence electrons. The molecule has 34 heavy (non-hydrogen) atoms. The molecule has 1 atom stereocenters. The van der Waals surface area contributed by atoms with Crippen molar-refractivity contribution >= 4 is 40.3 Å². The van der Waals surface area contributed by atoms with Crippen molar-refractivity contribution in [1.29, 1.82) is 0 Å². The van der Waals surface area contributed by atoms with Crippen molar-refractivity contribution in [3.8, 4) is 11.5 Å². The second-order valence-corrected chi connectivity index (χ2v) is 9.19. The quantitative estimate of drug-likeness (QED) is 0.442. The maximum atomic E-state index is 11.6. The van der Waals surface area contributed by atoms with Crippen LogP contribution in [0.2, 0.25) is 10.0 Å². The Balaban J connectivity index is 1.64. The largest absolute Gasteiger partial charge is 0.493 e. The Bertz CT molecular complexity index is 1260. The van der Waals surface area contributed by atoms with Gasteiger partial charge in [-0.1, -0.05) is 41.4 Å². The molecular formula is C27H23Cl2NO4. The normalized spacial score (nSPS) is 17.6. The van der Waals surface area contributed by atoms with Crippen molar-refractivity contribution in [2.45, 2.75) is 18.9 Å². The summed E-state index contributed by atoms with van der Waals surface area (Å²) in [6, 6.07) is 18.4. The molecule has 2 aliphatic rings. The van der Waals surface area contributed by atoms with E-state index in [0.29, 0.717) is 28.8 Å². The van der Waals surface area contributed by atoms with Crippen molar-refractivity contribution in [3.05, 3.63) is 93.0 Å². The lowest BCUT2D eigenvalue weighted by molar-refractivity contribution is 0.0696. The van der Waals surface area contributed by atoms with E-state index in [2.05, 4.69) is 5.32 Å². The van der Waals surface area contributed by atoms with E-state index in [1.807, 2.05) is 36.4 Å². The molecule has 5 nitrogen and oxygen atoms in total. The Kier molecular flexibility index (Phi) is 6.50. The summed E-state index contributed by atoms with van der Waals surface area (Å²) < 4.78 is 12.1. The van der Waals surface area contributed by atoms with Gasteiger partial charge in [-0.2, -0.15) is 0 Å². The topological polar surface area (TPSA) is 67.8 Å². The van der Waals surface area contributed by atoms with Crippen LogP contribution in [0, 0.1) is 0 Å². The van der Waals surface area contributed by atoms with Crippen LogP contribution >= 0.6 is 23.2 Å². The highest BCUT2D eigenvalue weighted by Crippen LogP contribution is 2.43. The highest BCUT2D eigenvalue weighted by molar-refractivity contribution is 6.36. The van der Waals surface area contributed by atoms with Crippen LogP contribution in [0.3, 0.4) is 0 Å². The van der Waals surface area contributed by atoms with Crippen LogP contribution in [0.1, 0.15) is 39.9 Å². The Morgan fingerprint density at radius 2 is 1.82 bits per heavy atom. The molecule has 1 saturated heterocycles. The summed E-state index contributed by atoms with van der Waals surface area (Å²) in [5.41, 5.74) is 4.79. The number of aromatic carboxylic acids is 1. The highest BCUT2D eigenvalue weighted by Gasteiger charge is 2.24. The van der Waals surface area contributed by atoms with Gasteiger partial charge in [0.15, 0.2) is 0 Å². The average Bonchev–Trinajstić information content (AvgIpc) is 3.25. The summed E-state index contributed by atoms with van der Waals surface area (Å²) >= 11 is 12.8. The molecule has 0 bridgehead atoms. The van der Waals surface area contributed by atoms with E-state index in [9.17, 15) is 9.90 Å². The van der Waals surface area contributed by atoms with Crippen molar-refractivity contribution in [2.75, 3.05) is 19.7 Å². The number of carbonyl (C=O) groups is 1. The number of rotatable bonds is 5. The Hall–Kier alpha value is -2.99. The van der Waals surface area contributed by atoms with Crippen LogP contribution < -0.4 is 14.8 Å². The number of benzene rings is 3. The molecule has 0 aromatic heterocycles. The first-order chi connectivity index (χ1) is 16.5. The molecule has 7 heteroatoms. The maximum absolute atomic E-state index is 11.6. The Morgan fingerprint density at radius 1 is 1.03 bits per heavy atom. The fourth-order valence-electron chi connectivity index (χ4n) is 4.49. The third kappa shape index (κ3) is 4.64. The van der Waals surface area contributed by atoms with Gasteiger partial charge in [-0.05, 0) is 77.7 Å². The Morgan fingerprint density at radius 3 is 2.53 bits per heavy atom. The molecule has 3 aromatic carbocycles. The van der Waals surface area contributed by atoms with Crippen LogP contribution in [0.5, 0.6) is 11.5 Å². The van der Waals surface area contributed by atoms with E-state index in [1.54, 1.807) is 24.3 Å². The lowest BCUT2D eigenvalue weighted by atomic mass is 9.87. The van der Waals surface area contributed by atoms with E-state index < -0.39 is 5.97 Å². The standard InChI is InChI=1S/C27H23Cl2NO4/c28-18-4-8-21(24(29)14-18)22-10-12-33-25-13-17(27(31)32)3-7-23(25)26(22)16-1-5-19(6-2-16)34-20-9-11-30-15-20/h1-8,13-14,20,30H,9-12,15H2,(H,31,32). The predicted octanol–water partition coefficient (Wildman–Crippen LogP) is 6.17. The third-order valence-electron chi connectivity index (χ3n) is 6.13. The number of fused-ring (bicyclic) bond motifs is 1. The summed E-state index contributed by atoms with van der Waals surface area (Å²) in [7, 11) is 0. The van der Waals surface area contributed by atoms with Gasteiger partial charge in [0.1, 0.15) is 17.6 Å². The van der Waals surface area contributed by atoms with Gasteiger partial charge in [0.25, 0.3) is 0 Å². The molecule has 2 heterocycles. The van der Waals surface area contributed by atoms with Gasteiger partial charge in [0.05, 0.1) is 12.2 Å². The molecule has 1 fully saturated rings. The fraction of sp³-hybridized carbons (Fsp3) is 0.222. The summed E-state index contributed by atoms with van der Waals surface area (Å²) in [6.45, 7) is 2.21. The number of halogens is 2. The van der Waals surface area contributed by atoms with E-state index in [1.165, 1.54) is 0 Å². The molecule has 3 aromatic rings. The molecule has 2 aliphatic heterocycles. The first kappa shape index (κ1) is 22.8. The second kappa shape index (κ2) is 9.71. The number of hydrogen-bond acceptors (Lipinski definition) is 4. The van der Waals surface area contributed by atoms with E-state index in [4.69, 9.17) is 32.7 Å². The van der Waals surface area contributed by atoms with Crippen molar-refractivity contribution < 1.29 is 19.4 Å². The number of hydrogen-bond donors (Lipinski definition) is 2. The molecule has 0 aliphatic carbocycles. The van der Waals surface area contributed by atoms with Gasteiger partial charge >= 0.3 is 5.97 Å². The fourth-order valence-corrected chi connectivity index (χ4v) is 5.01. The van der Waals surface area contributed by atoms with Gasteiger partial charge in [-0.3, -0.25) is 0 Å². The van der Waals surface area contributed by atoms with Crippen LogP contribution in [0.25, 0.3) is 11.1 Å².